The Balaban J connectivity index is 1.61. The molecule has 1 heterocycles. The van der Waals surface area contributed by atoms with Crippen LogP contribution in [0.4, 0.5) is 0 Å². The second kappa shape index (κ2) is 8.96. The molecule has 5 heteroatoms. The van der Waals surface area contributed by atoms with E-state index in [1.165, 1.54) is 57.4 Å². The number of nitrogens with one attached hydrogen (secondary N) is 2. The highest BCUT2D eigenvalue weighted by Gasteiger charge is 2.32. The first-order valence-electron chi connectivity index (χ1n) is 10.1. The zero-order valence-corrected chi connectivity index (χ0v) is 16.9. The number of quaternary nitrogens is 2. The van der Waals surface area contributed by atoms with Gasteiger partial charge in [-0.25, -0.2) is 0 Å². The lowest BCUT2D eigenvalue weighted by Crippen LogP contribution is -3.29. The summed E-state index contributed by atoms with van der Waals surface area (Å²) < 4.78 is 16.6. The van der Waals surface area contributed by atoms with Gasteiger partial charge in [-0.1, -0.05) is 13.3 Å². The Labute approximate surface area is 158 Å². The zero-order valence-electron chi connectivity index (χ0n) is 16.9. The SMILES string of the molecule is COc1ccc(C[NH+]2CC[NH+](C3CCCC(C)C3)CC2)c(OC)c1OC. The number of piperazine rings is 1. The van der Waals surface area contributed by atoms with E-state index in [9.17, 15) is 0 Å². The standard InChI is InChI=1S/C21H34N2O3/c1-16-6-5-7-18(14-16)23-12-10-22(11-13-23)15-17-8-9-19(24-2)21(26-4)20(17)25-3/h8-9,16,18H,5-7,10-15H2,1-4H3/p+2. The van der Waals surface area contributed by atoms with Gasteiger partial charge in [-0.3, -0.25) is 0 Å². The quantitative estimate of drug-likeness (QED) is 0.775. The van der Waals surface area contributed by atoms with Crippen molar-refractivity contribution in [3.63, 3.8) is 0 Å². The molecular formula is C21H36N2O3+2. The fourth-order valence-corrected chi connectivity index (χ4v) is 4.89. The first kappa shape index (κ1) is 19.3. The van der Waals surface area contributed by atoms with Gasteiger partial charge in [0, 0.05) is 6.42 Å². The molecule has 5 nitrogen and oxygen atoms in total. The second-order valence-electron chi connectivity index (χ2n) is 8.05. The molecular weight excluding hydrogens is 328 g/mol. The first-order chi connectivity index (χ1) is 12.7. The molecule has 0 aromatic heterocycles. The van der Waals surface area contributed by atoms with Gasteiger partial charge in [0.2, 0.25) is 5.75 Å². The Morgan fingerprint density at radius 3 is 2.27 bits per heavy atom. The molecule has 2 unspecified atom stereocenters. The van der Waals surface area contributed by atoms with E-state index in [0.717, 1.165) is 30.0 Å². The van der Waals surface area contributed by atoms with Crippen LogP contribution >= 0.6 is 0 Å². The smallest absolute Gasteiger partial charge is 0.203 e. The van der Waals surface area contributed by atoms with Crippen LogP contribution in [0.5, 0.6) is 17.2 Å². The molecule has 0 bridgehead atoms. The molecule has 1 aromatic carbocycles. The van der Waals surface area contributed by atoms with E-state index in [-0.39, 0.29) is 0 Å². The fraction of sp³-hybridized carbons (Fsp3) is 0.714. The van der Waals surface area contributed by atoms with Crippen LogP contribution in [-0.2, 0) is 6.54 Å². The molecule has 2 fully saturated rings. The highest BCUT2D eigenvalue weighted by molar-refractivity contribution is 5.55. The maximum atomic E-state index is 5.66. The minimum absolute atomic E-state index is 0.701. The Kier molecular flexibility index (Phi) is 6.65. The van der Waals surface area contributed by atoms with Crippen molar-refractivity contribution in [2.24, 2.45) is 5.92 Å². The first-order valence-corrected chi connectivity index (χ1v) is 10.1. The molecule has 2 N–H and O–H groups in total. The van der Waals surface area contributed by atoms with Crippen molar-refractivity contribution in [1.82, 2.24) is 0 Å². The van der Waals surface area contributed by atoms with Gasteiger partial charge in [0.25, 0.3) is 0 Å². The maximum absolute atomic E-state index is 5.66. The van der Waals surface area contributed by atoms with Crippen LogP contribution in [0.1, 0.15) is 38.2 Å². The average molecular weight is 365 g/mol. The van der Waals surface area contributed by atoms with E-state index in [2.05, 4.69) is 13.0 Å². The number of benzene rings is 1. The van der Waals surface area contributed by atoms with Crippen molar-refractivity contribution in [3.8, 4) is 17.2 Å². The number of hydrogen-bond donors (Lipinski definition) is 2. The molecule has 146 valence electrons. The third-order valence-corrected chi connectivity index (χ3v) is 6.34. The van der Waals surface area contributed by atoms with Crippen molar-refractivity contribution < 1.29 is 24.0 Å². The number of rotatable bonds is 6. The summed E-state index contributed by atoms with van der Waals surface area (Å²) in [6.45, 7) is 8.47. The third kappa shape index (κ3) is 4.26. The highest BCUT2D eigenvalue weighted by Crippen LogP contribution is 2.39. The molecule has 0 radical (unpaired) electrons. The van der Waals surface area contributed by atoms with E-state index in [4.69, 9.17) is 14.2 Å². The van der Waals surface area contributed by atoms with Crippen molar-refractivity contribution in [2.45, 2.75) is 45.2 Å². The average Bonchev–Trinajstić information content (AvgIpc) is 2.68. The molecule has 1 aliphatic carbocycles. The molecule has 2 aliphatic rings. The van der Waals surface area contributed by atoms with Crippen LogP contribution in [-0.4, -0.2) is 53.6 Å². The topological polar surface area (TPSA) is 36.6 Å². The van der Waals surface area contributed by atoms with E-state index in [0.29, 0.717) is 5.75 Å². The molecule has 3 rings (SSSR count). The van der Waals surface area contributed by atoms with Gasteiger partial charge in [0.1, 0.15) is 32.7 Å². The number of methoxy groups -OCH3 is 3. The van der Waals surface area contributed by atoms with Crippen LogP contribution < -0.4 is 24.0 Å². The Bertz CT molecular complexity index is 585. The molecule has 1 aromatic rings. The van der Waals surface area contributed by atoms with Crippen LogP contribution in [0.25, 0.3) is 0 Å². The van der Waals surface area contributed by atoms with E-state index < -0.39 is 0 Å². The van der Waals surface area contributed by atoms with Gasteiger partial charge in [0.05, 0.1) is 32.9 Å². The van der Waals surface area contributed by atoms with Crippen LogP contribution in [0.2, 0.25) is 0 Å². The van der Waals surface area contributed by atoms with Crippen molar-refractivity contribution in [1.29, 1.82) is 0 Å². The van der Waals surface area contributed by atoms with Gasteiger partial charge in [-0.05, 0) is 30.9 Å². The van der Waals surface area contributed by atoms with Gasteiger partial charge >= 0.3 is 0 Å². The molecule has 2 atom stereocenters. The van der Waals surface area contributed by atoms with Crippen molar-refractivity contribution >= 4 is 0 Å². The van der Waals surface area contributed by atoms with E-state index >= 15 is 0 Å². The third-order valence-electron chi connectivity index (χ3n) is 6.34. The normalized spacial score (nSPS) is 29.2. The molecule has 26 heavy (non-hydrogen) atoms. The van der Waals surface area contributed by atoms with Crippen LogP contribution in [0, 0.1) is 5.92 Å². The zero-order chi connectivity index (χ0) is 18.5. The Morgan fingerprint density at radius 2 is 1.65 bits per heavy atom. The van der Waals surface area contributed by atoms with Crippen molar-refractivity contribution in [2.75, 3.05) is 47.5 Å². The largest absolute Gasteiger partial charge is 0.493 e. The van der Waals surface area contributed by atoms with Gasteiger partial charge in [-0.2, -0.15) is 0 Å². The summed E-state index contributed by atoms with van der Waals surface area (Å²) in [5.74, 6) is 3.16. The summed E-state index contributed by atoms with van der Waals surface area (Å²) in [6.07, 6.45) is 5.71. The molecule has 0 amide bonds. The van der Waals surface area contributed by atoms with Gasteiger partial charge in [-0.15, -0.1) is 0 Å². The summed E-state index contributed by atoms with van der Waals surface area (Å²) >= 11 is 0. The van der Waals surface area contributed by atoms with Crippen LogP contribution in [0.3, 0.4) is 0 Å². The maximum Gasteiger partial charge on any atom is 0.203 e. The molecule has 1 aliphatic heterocycles. The summed E-state index contributed by atoms with van der Waals surface area (Å²) in [6, 6.07) is 5.01. The minimum atomic E-state index is 0.701. The minimum Gasteiger partial charge on any atom is -0.493 e. The number of ether oxygens (including phenoxy) is 3. The Morgan fingerprint density at radius 1 is 0.923 bits per heavy atom. The summed E-state index contributed by atoms with van der Waals surface area (Å²) in [4.78, 5) is 3.49. The summed E-state index contributed by atoms with van der Waals surface area (Å²) in [7, 11) is 5.04. The van der Waals surface area contributed by atoms with Crippen molar-refractivity contribution in [3.05, 3.63) is 17.7 Å². The lowest BCUT2D eigenvalue weighted by atomic mass is 9.86. The van der Waals surface area contributed by atoms with E-state index in [1.807, 2.05) is 11.0 Å². The molecule has 1 saturated heterocycles. The van der Waals surface area contributed by atoms with E-state index in [1.54, 1.807) is 26.2 Å². The fourth-order valence-electron chi connectivity index (χ4n) is 4.89. The van der Waals surface area contributed by atoms with Gasteiger partial charge in [0.15, 0.2) is 11.5 Å². The Hall–Kier alpha value is -1.46. The second-order valence-corrected chi connectivity index (χ2v) is 8.05. The monoisotopic (exact) mass is 364 g/mol. The molecule has 1 saturated carbocycles. The predicted molar refractivity (Wildman–Crippen MR) is 103 cm³/mol. The summed E-state index contributed by atoms with van der Waals surface area (Å²) in [5, 5.41) is 0. The predicted octanol–water partition coefficient (Wildman–Crippen LogP) is 0.575. The van der Waals surface area contributed by atoms with Gasteiger partial charge < -0.3 is 24.0 Å². The van der Waals surface area contributed by atoms with Crippen LogP contribution in [0.15, 0.2) is 12.1 Å². The molecule has 0 spiro atoms. The summed E-state index contributed by atoms with van der Waals surface area (Å²) in [5.41, 5.74) is 1.20. The highest BCUT2D eigenvalue weighted by atomic mass is 16.5. The lowest BCUT2D eigenvalue weighted by Gasteiger charge is -2.37. The number of hydrogen-bond acceptors (Lipinski definition) is 3. The lowest BCUT2D eigenvalue weighted by molar-refractivity contribution is -1.03.